The smallest absolute Gasteiger partial charge is 0.354 e. The molecule has 1 unspecified atom stereocenters. The summed E-state index contributed by atoms with van der Waals surface area (Å²) in [6.45, 7) is 3.90. The summed E-state index contributed by atoms with van der Waals surface area (Å²) in [7, 11) is 1.28. The number of carbonyl (C=O) groups excluding carboxylic acids is 5. The molecule has 9 nitrogen and oxygen atoms in total. The zero-order chi connectivity index (χ0) is 19.9. The lowest BCUT2D eigenvalue weighted by Crippen LogP contribution is -2.44. The first-order valence-electron chi connectivity index (χ1n) is 8.83. The van der Waals surface area contributed by atoms with Crippen LogP contribution in [0.25, 0.3) is 0 Å². The van der Waals surface area contributed by atoms with E-state index in [2.05, 4.69) is 10.6 Å². The fourth-order valence-corrected chi connectivity index (χ4v) is 1.96. The van der Waals surface area contributed by atoms with Crippen molar-refractivity contribution in [3.8, 4) is 0 Å². The van der Waals surface area contributed by atoms with Gasteiger partial charge in [-0.05, 0) is 19.3 Å². The van der Waals surface area contributed by atoms with Gasteiger partial charge >= 0.3 is 5.97 Å². The van der Waals surface area contributed by atoms with E-state index in [0.717, 1.165) is 5.06 Å². The third kappa shape index (κ3) is 10.4. The Labute approximate surface area is 153 Å². The maximum atomic E-state index is 12.2. The van der Waals surface area contributed by atoms with Crippen LogP contribution in [0.15, 0.2) is 0 Å². The number of unbranched alkanes of at least 4 members (excludes halogenated alkanes) is 1. The summed E-state index contributed by atoms with van der Waals surface area (Å²) in [6, 6.07) is -0.884. The van der Waals surface area contributed by atoms with Crippen molar-refractivity contribution in [2.24, 2.45) is 0 Å². The number of amides is 3. The van der Waals surface area contributed by atoms with Gasteiger partial charge in [-0.1, -0.05) is 13.8 Å². The van der Waals surface area contributed by atoms with E-state index < -0.39 is 17.9 Å². The van der Waals surface area contributed by atoms with Crippen molar-refractivity contribution in [2.75, 3.05) is 13.6 Å². The molecule has 0 fully saturated rings. The molecule has 9 heteroatoms. The van der Waals surface area contributed by atoms with Gasteiger partial charge in [0.2, 0.25) is 11.8 Å². The predicted octanol–water partition coefficient (Wildman–Crippen LogP) is 0.473. The average molecular weight is 371 g/mol. The molecule has 0 bridgehead atoms. The van der Waals surface area contributed by atoms with Crippen molar-refractivity contribution in [2.45, 2.75) is 64.8 Å². The summed E-state index contributed by atoms with van der Waals surface area (Å²) >= 11 is 0. The number of hydrogen-bond donors (Lipinski definition) is 2. The Morgan fingerprint density at radius 2 is 1.73 bits per heavy atom. The highest BCUT2D eigenvalue weighted by Gasteiger charge is 2.24. The van der Waals surface area contributed by atoms with E-state index in [4.69, 9.17) is 4.84 Å². The van der Waals surface area contributed by atoms with Crippen molar-refractivity contribution in [3.63, 3.8) is 0 Å². The molecule has 0 aliphatic carbocycles. The zero-order valence-electron chi connectivity index (χ0n) is 15.7. The maximum absolute atomic E-state index is 12.2. The third-order valence-corrected chi connectivity index (χ3v) is 3.56. The van der Waals surface area contributed by atoms with Gasteiger partial charge in [0.15, 0.2) is 0 Å². The van der Waals surface area contributed by atoms with Gasteiger partial charge in [-0.2, -0.15) is 5.06 Å². The van der Waals surface area contributed by atoms with Gasteiger partial charge in [-0.25, -0.2) is 4.79 Å². The van der Waals surface area contributed by atoms with Crippen LogP contribution < -0.4 is 10.6 Å². The molecule has 0 spiro atoms. The second-order valence-electron chi connectivity index (χ2n) is 5.68. The lowest BCUT2D eigenvalue weighted by atomic mass is 10.1. The molecule has 0 aliphatic heterocycles. The minimum absolute atomic E-state index is 0.0419. The minimum atomic E-state index is -0.884. The molecule has 0 aromatic heterocycles. The molecule has 0 aromatic carbocycles. The van der Waals surface area contributed by atoms with Crippen LogP contribution in [0.4, 0.5) is 0 Å². The van der Waals surface area contributed by atoms with Crippen LogP contribution in [0.2, 0.25) is 0 Å². The number of hydrogen-bond acceptors (Lipinski definition) is 6. The van der Waals surface area contributed by atoms with Crippen molar-refractivity contribution in [1.82, 2.24) is 15.7 Å². The fraction of sp³-hybridized carbons (Fsp3) is 0.706. The molecule has 0 radical (unpaired) electrons. The summed E-state index contributed by atoms with van der Waals surface area (Å²) in [6.07, 6.45) is 2.76. The standard InChI is InChI=1S/C17H29N3O6/c1-4-14(22)18-11-7-6-9-13(19-15(23)5-2)17(25)26-20(3)16(24)10-8-12-21/h12-13H,4-11H2,1-3H3,(H,18,22)(H,19,23). The number of nitrogens with one attached hydrogen (secondary N) is 2. The second-order valence-corrected chi connectivity index (χ2v) is 5.68. The Morgan fingerprint density at radius 1 is 1.08 bits per heavy atom. The molecule has 0 saturated heterocycles. The normalized spacial score (nSPS) is 11.2. The van der Waals surface area contributed by atoms with E-state index in [1.165, 1.54) is 7.05 Å². The lowest BCUT2D eigenvalue weighted by Gasteiger charge is -2.21. The SMILES string of the molecule is CCC(=O)NCCCCC(NC(=O)CC)C(=O)ON(C)C(=O)CCC=O. The van der Waals surface area contributed by atoms with Crippen LogP contribution in [0.1, 0.15) is 58.8 Å². The zero-order valence-corrected chi connectivity index (χ0v) is 15.7. The molecule has 1 atom stereocenters. The molecule has 148 valence electrons. The number of aldehydes is 1. The molecule has 2 N–H and O–H groups in total. The van der Waals surface area contributed by atoms with Gasteiger partial charge in [-0.3, -0.25) is 14.4 Å². The van der Waals surface area contributed by atoms with Gasteiger partial charge in [-0.15, -0.1) is 0 Å². The summed E-state index contributed by atoms with van der Waals surface area (Å²) in [5.74, 6) is -1.60. The monoisotopic (exact) mass is 371 g/mol. The molecule has 3 amide bonds. The van der Waals surface area contributed by atoms with Crippen LogP contribution >= 0.6 is 0 Å². The Balaban J connectivity index is 4.52. The van der Waals surface area contributed by atoms with Gasteiger partial charge in [0.1, 0.15) is 12.3 Å². The first-order valence-corrected chi connectivity index (χ1v) is 8.83. The van der Waals surface area contributed by atoms with E-state index in [-0.39, 0.29) is 31.1 Å². The molecule has 0 aliphatic rings. The van der Waals surface area contributed by atoms with Crippen LogP contribution in [-0.4, -0.2) is 54.7 Å². The first kappa shape index (κ1) is 23.5. The molecular weight excluding hydrogens is 342 g/mol. The van der Waals surface area contributed by atoms with Crippen LogP contribution in [-0.2, 0) is 28.8 Å². The van der Waals surface area contributed by atoms with Crippen molar-refractivity contribution in [3.05, 3.63) is 0 Å². The Hall–Kier alpha value is -2.45. The molecular formula is C17H29N3O6. The number of nitrogens with zero attached hydrogens (tertiary/aromatic N) is 1. The van der Waals surface area contributed by atoms with E-state index in [1.54, 1.807) is 13.8 Å². The Morgan fingerprint density at radius 3 is 2.31 bits per heavy atom. The Kier molecular flexibility index (Phi) is 12.5. The van der Waals surface area contributed by atoms with Crippen LogP contribution in [0, 0.1) is 0 Å². The highest BCUT2D eigenvalue weighted by atomic mass is 16.7. The molecule has 0 rings (SSSR count). The maximum Gasteiger partial charge on any atom is 0.354 e. The Bertz CT molecular complexity index is 495. The third-order valence-electron chi connectivity index (χ3n) is 3.56. The first-order chi connectivity index (χ1) is 12.3. The highest BCUT2D eigenvalue weighted by molar-refractivity contribution is 5.85. The fourth-order valence-electron chi connectivity index (χ4n) is 1.96. The summed E-state index contributed by atoms with van der Waals surface area (Å²) in [5, 5.41) is 6.08. The van der Waals surface area contributed by atoms with Gasteiger partial charge < -0.3 is 20.3 Å². The molecule has 0 aromatic rings. The van der Waals surface area contributed by atoms with Crippen molar-refractivity contribution >= 4 is 30.0 Å². The second kappa shape index (κ2) is 13.8. The summed E-state index contributed by atoms with van der Waals surface area (Å²) in [5.41, 5.74) is 0. The summed E-state index contributed by atoms with van der Waals surface area (Å²) < 4.78 is 0. The van der Waals surface area contributed by atoms with Crippen LogP contribution in [0.5, 0.6) is 0 Å². The minimum Gasteiger partial charge on any atom is -0.356 e. The van der Waals surface area contributed by atoms with E-state index in [1.807, 2.05) is 0 Å². The van der Waals surface area contributed by atoms with Crippen LogP contribution in [0.3, 0.4) is 0 Å². The van der Waals surface area contributed by atoms with Gasteiger partial charge in [0, 0.05) is 39.3 Å². The largest absolute Gasteiger partial charge is 0.356 e. The lowest BCUT2D eigenvalue weighted by molar-refractivity contribution is -0.195. The van der Waals surface area contributed by atoms with Crippen molar-refractivity contribution in [1.29, 1.82) is 0 Å². The summed E-state index contributed by atoms with van der Waals surface area (Å²) in [4.78, 5) is 62.0. The molecule has 0 heterocycles. The number of rotatable bonds is 12. The quantitative estimate of drug-likeness (QED) is 0.292. The van der Waals surface area contributed by atoms with E-state index in [9.17, 15) is 24.0 Å². The molecule has 26 heavy (non-hydrogen) atoms. The van der Waals surface area contributed by atoms with Gasteiger partial charge in [0.25, 0.3) is 5.91 Å². The number of hydroxylamine groups is 2. The van der Waals surface area contributed by atoms with Gasteiger partial charge in [0.05, 0.1) is 0 Å². The molecule has 0 saturated carbocycles. The average Bonchev–Trinajstić information content (AvgIpc) is 2.63. The highest BCUT2D eigenvalue weighted by Crippen LogP contribution is 2.06. The van der Waals surface area contributed by atoms with Crippen molar-refractivity contribution < 1.29 is 28.8 Å². The van der Waals surface area contributed by atoms with E-state index >= 15 is 0 Å². The predicted molar refractivity (Wildman–Crippen MR) is 93.5 cm³/mol. The van der Waals surface area contributed by atoms with E-state index in [0.29, 0.717) is 38.5 Å². The number of carbonyl (C=O) groups is 5. The topological polar surface area (TPSA) is 122 Å².